The molecule has 0 aromatic heterocycles. The predicted octanol–water partition coefficient (Wildman–Crippen LogP) is 3.58. The van der Waals surface area contributed by atoms with Gasteiger partial charge in [0.25, 0.3) is 0 Å². The molecule has 1 unspecified atom stereocenters. The Kier molecular flexibility index (Phi) is 3.60. The largest absolute Gasteiger partial charge is 0.388 e. The number of rotatable bonds is 3. The number of aliphatic hydroxyl groups is 1. The third kappa shape index (κ3) is 2.75. The molecule has 88 valence electrons. The van der Waals surface area contributed by atoms with Crippen molar-refractivity contribution in [1.82, 2.24) is 0 Å². The molecule has 0 radical (unpaired) electrons. The van der Waals surface area contributed by atoms with E-state index < -0.39 is 6.10 Å². The van der Waals surface area contributed by atoms with Crippen LogP contribution in [0, 0.1) is 13.8 Å². The molecule has 0 aliphatic heterocycles. The van der Waals surface area contributed by atoms with Gasteiger partial charge in [-0.1, -0.05) is 48.5 Å². The molecule has 0 amide bonds. The molecule has 1 N–H and O–H groups in total. The van der Waals surface area contributed by atoms with Gasteiger partial charge in [-0.2, -0.15) is 0 Å². The minimum Gasteiger partial charge on any atom is -0.388 e. The van der Waals surface area contributed by atoms with Crippen LogP contribution in [0.3, 0.4) is 0 Å². The monoisotopic (exact) mass is 226 g/mol. The van der Waals surface area contributed by atoms with Gasteiger partial charge in [-0.25, -0.2) is 0 Å². The zero-order valence-electron chi connectivity index (χ0n) is 10.4. The van der Waals surface area contributed by atoms with E-state index in [4.69, 9.17) is 0 Å². The van der Waals surface area contributed by atoms with Gasteiger partial charge in [-0.15, -0.1) is 0 Å². The van der Waals surface area contributed by atoms with Crippen LogP contribution in [0.1, 0.15) is 28.4 Å². The van der Waals surface area contributed by atoms with E-state index in [-0.39, 0.29) is 0 Å². The van der Waals surface area contributed by atoms with E-state index in [1.54, 1.807) is 0 Å². The molecular weight excluding hydrogens is 208 g/mol. The molecule has 1 nitrogen and oxygen atoms in total. The van der Waals surface area contributed by atoms with Gasteiger partial charge in [-0.05, 0) is 36.1 Å². The predicted molar refractivity (Wildman–Crippen MR) is 71.0 cm³/mol. The number of benzene rings is 2. The molecule has 0 aliphatic carbocycles. The molecule has 1 atom stereocenters. The summed E-state index contributed by atoms with van der Waals surface area (Å²) in [6.07, 6.45) is 0.253. The summed E-state index contributed by atoms with van der Waals surface area (Å²) in [5, 5.41) is 10.3. The topological polar surface area (TPSA) is 20.2 Å². The summed E-state index contributed by atoms with van der Waals surface area (Å²) < 4.78 is 0. The summed E-state index contributed by atoms with van der Waals surface area (Å²) in [7, 11) is 0. The van der Waals surface area contributed by atoms with Gasteiger partial charge in [0.2, 0.25) is 0 Å². The Morgan fingerprint density at radius 2 is 1.65 bits per heavy atom. The van der Waals surface area contributed by atoms with Crippen LogP contribution in [-0.2, 0) is 6.42 Å². The maximum Gasteiger partial charge on any atom is 0.0833 e. The first kappa shape index (κ1) is 11.9. The molecule has 0 bridgehead atoms. The van der Waals surface area contributed by atoms with E-state index in [1.807, 2.05) is 42.5 Å². The van der Waals surface area contributed by atoms with Gasteiger partial charge in [0, 0.05) is 6.42 Å². The molecule has 0 saturated heterocycles. The highest BCUT2D eigenvalue weighted by Gasteiger charge is 2.11. The SMILES string of the molecule is Cc1cccc(C(O)Cc2ccccc2)c1C. The molecule has 0 aliphatic rings. The number of aliphatic hydroxyl groups excluding tert-OH is 1. The first-order chi connectivity index (χ1) is 8.18. The summed E-state index contributed by atoms with van der Waals surface area (Å²) >= 11 is 0. The van der Waals surface area contributed by atoms with Crippen LogP contribution >= 0.6 is 0 Å². The Morgan fingerprint density at radius 1 is 0.941 bits per heavy atom. The van der Waals surface area contributed by atoms with Gasteiger partial charge >= 0.3 is 0 Å². The van der Waals surface area contributed by atoms with Crippen LogP contribution in [0.4, 0.5) is 0 Å². The molecule has 17 heavy (non-hydrogen) atoms. The molecule has 1 heteroatoms. The maximum atomic E-state index is 10.3. The summed E-state index contributed by atoms with van der Waals surface area (Å²) in [5.74, 6) is 0. The second kappa shape index (κ2) is 5.15. The molecule has 0 saturated carbocycles. The third-order valence-corrected chi connectivity index (χ3v) is 3.28. The second-order valence-corrected chi connectivity index (χ2v) is 4.49. The fraction of sp³-hybridized carbons (Fsp3) is 0.250. The molecule has 0 spiro atoms. The van der Waals surface area contributed by atoms with E-state index in [0.717, 1.165) is 5.56 Å². The molecule has 0 heterocycles. The van der Waals surface area contributed by atoms with Crippen molar-refractivity contribution in [2.75, 3.05) is 0 Å². The van der Waals surface area contributed by atoms with Crippen molar-refractivity contribution >= 4 is 0 Å². The average molecular weight is 226 g/mol. The Bertz CT molecular complexity index is 488. The van der Waals surface area contributed by atoms with Crippen LogP contribution in [0.2, 0.25) is 0 Å². The minimum absolute atomic E-state index is 0.419. The van der Waals surface area contributed by atoms with Crippen molar-refractivity contribution in [1.29, 1.82) is 0 Å². The quantitative estimate of drug-likeness (QED) is 0.848. The summed E-state index contributed by atoms with van der Waals surface area (Å²) in [5.41, 5.74) is 4.63. The van der Waals surface area contributed by atoms with Crippen molar-refractivity contribution in [3.8, 4) is 0 Å². The van der Waals surface area contributed by atoms with Gasteiger partial charge < -0.3 is 5.11 Å². The van der Waals surface area contributed by atoms with Crippen molar-refractivity contribution in [3.05, 3.63) is 70.8 Å². The van der Waals surface area contributed by atoms with Crippen molar-refractivity contribution < 1.29 is 5.11 Å². The van der Waals surface area contributed by atoms with Crippen LogP contribution in [0.25, 0.3) is 0 Å². The van der Waals surface area contributed by atoms with Crippen LogP contribution in [-0.4, -0.2) is 5.11 Å². The van der Waals surface area contributed by atoms with Crippen LogP contribution in [0.5, 0.6) is 0 Å². The van der Waals surface area contributed by atoms with E-state index >= 15 is 0 Å². The van der Waals surface area contributed by atoms with Gasteiger partial charge in [-0.3, -0.25) is 0 Å². The van der Waals surface area contributed by atoms with Gasteiger partial charge in [0.1, 0.15) is 0 Å². The average Bonchev–Trinajstić information content (AvgIpc) is 2.34. The maximum absolute atomic E-state index is 10.3. The summed E-state index contributed by atoms with van der Waals surface area (Å²) in [4.78, 5) is 0. The lowest BCUT2D eigenvalue weighted by molar-refractivity contribution is 0.177. The minimum atomic E-state index is -0.419. The molecule has 2 aromatic carbocycles. The van der Waals surface area contributed by atoms with E-state index in [1.165, 1.54) is 16.7 Å². The van der Waals surface area contributed by atoms with Crippen LogP contribution in [0.15, 0.2) is 48.5 Å². The van der Waals surface area contributed by atoms with Crippen LogP contribution < -0.4 is 0 Å². The second-order valence-electron chi connectivity index (χ2n) is 4.49. The van der Waals surface area contributed by atoms with E-state index in [9.17, 15) is 5.11 Å². The highest BCUT2D eigenvalue weighted by atomic mass is 16.3. The fourth-order valence-electron chi connectivity index (χ4n) is 2.08. The Balaban J connectivity index is 2.20. The Morgan fingerprint density at radius 3 is 2.35 bits per heavy atom. The first-order valence-electron chi connectivity index (χ1n) is 5.96. The zero-order valence-corrected chi connectivity index (χ0v) is 10.4. The Hall–Kier alpha value is -1.60. The van der Waals surface area contributed by atoms with Crippen molar-refractivity contribution in [3.63, 3.8) is 0 Å². The molecule has 2 aromatic rings. The smallest absolute Gasteiger partial charge is 0.0833 e. The lowest BCUT2D eigenvalue weighted by atomic mass is 9.95. The lowest BCUT2D eigenvalue weighted by Gasteiger charge is -2.15. The van der Waals surface area contributed by atoms with Crippen molar-refractivity contribution in [2.24, 2.45) is 0 Å². The van der Waals surface area contributed by atoms with Gasteiger partial charge in [0.15, 0.2) is 0 Å². The number of aryl methyl sites for hydroxylation is 1. The fourth-order valence-corrected chi connectivity index (χ4v) is 2.08. The molecule has 2 rings (SSSR count). The Labute approximate surface area is 103 Å². The first-order valence-corrected chi connectivity index (χ1v) is 5.96. The highest BCUT2D eigenvalue weighted by Crippen LogP contribution is 2.23. The number of hydrogen-bond acceptors (Lipinski definition) is 1. The lowest BCUT2D eigenvalue weighted by Crippen LogP contribution is -2.04. The normalized spacial score (nSPS) is 12.4. The standard InChI is InChI=1S/C16H18O/c1-12-7-6-10-15(13(12)2)16(17)11-14-8-4-3-5-9-14/h3-10,16-17H,11H2,1-2H3. The number of hydrogen-bond donors (Lipinski definition) is 1. The third-order valence-electron chi connectivity index (χ3n) is 3.28. The summed E-state index contributed by atoms with van der Waals surface area (Å²) in [6.45, 7) is 4.15. The zero-order chi connectivity index (χ0) is 12.3. The van der Waals surface area contributed by atoms with E-state index in [0.29, 0.717) is 6.42 Å². The molecular formula is C16H18O. The van der Waals surface area contributed by atoms with E-state index in [2.05, 4.69) is 19.9 Å². The molecule has 0 fully saturated rings. The highest BCUT2D eigenvalue weighted by molar-refractivity contribution is 5.35. The van der Waals surface area contributed by atoms with Gasteiger partial charge in [0.05, 0.1) is 6.10 Å². The summed E-state index contributed by atoms with van der Waals surface area (Å²) in [6, 6.07) is 16.2. The van der Waals surface area contributed by atoms with Crippen molar-refractivity contribution in [2.45, 2.75) is 26.4 Å².